The van der Waals surface area contributed by atoms with Gasteiger partial charge in [0.1, 0.15) is 5.75 Å². The Balaban J connectivity index is 2.12. The number of anilines is 2. The first-order valence-electron chi connectivity index (χ1n) is 6.76. The van der Waals surface area contributed by atoms with Crippen LogP contribution in [0, 0.1) is 6.92 Å². The van der Waals surface area contributed by atoms with Gasteiger partial charge < -0.3 is 15.8 Å². The van der Waals surface area contributed by atoms with Crippen LogP contribution in [0.25, 0.3) is 0 Å². The molecule has 0 aliphatic rings. The molecule has 1 aromatic carbocycles. The molecule has 0 atom stereocenters. The van der Waals surface area contributed by atoms with Crippen LogP contribution in [0.4, 0.5) is 11.4 Å². The number of nitrogens with two attached hydrogens (primary N) is 1. The molecule has 0 bridgehead atoms. The summed E-state index contributed by atoms with van der Waals surface area (Å²) in [6.07, 6.45) is 3.76. The topological polar surface area (TPSA) is 60.2 Å². The van der Waals surface area contributed by atoms with Crippen LogP contribution in [0.2, 0.25) is 0 Å². The standard InChI is InChI=1S/C16H21N3O/c1-11(2)20-15-6-4-5-14(16(15)17)19-10-13-7-8-18-9-12(13)3/h4-9,11,19H,10,17H2,1-3H3. The first kappa shape index (κ1) is 14.2. The third kappa shape index (κ3) is 3.41. The number of para-hydroxylation sites is 1. The maximum absolute atomic E-state index is 6.13. The lowest BCUT2D eigenvalue weighted by Crippen LogP contribution is -2.09. The molecule has 4 nitrogen and oxygen atoms in total. The molecule has 0 radical (unpaired) electrons. The molecular weight excluding hydrogens is 250 g/mol. The zero-order valence-electron chi connectivity index (χ0n) is 12.2. The lowest BCUT2D eigenvalue weighted by atomic mass is 10.1. The molecule has 106 valence electrons. The van der Waals surface area contributed by atoms with Crippen molar-refractivity contribution in [3.05, 3.63) is 47.8 Å². The molecule has 0 saturated heterocycles. The van der Waals surface area contributed by atoms with E-state index in [1.54, 1.807) is 6.20 Å². The van der Waals surface area contributed by atoms with E-state index in [-0.39, 0.29) is 6.10 Å². The smallest absolute Gasteiger partial charge is 0.144 e. The average molecular weight is 271 g/mol. The maximum atomic E-state index is 6.13. The van der Waals surface area contributed by atoms with E-state index in [0.717, 1.165) is 17.0 Å². The Morgan fingerprint density at radius 3 is 2.80 bits per heavy atom. The molecule has 3 N–H and O–H groups in total. The molecule has 0 spiro atoms. The van der Waals surface area contributed by atoms with Crippen molar-refractivity contribution < 1.29 is 4.74 Å². The number of hydrogen-bond donors (Lipinski definition) is 2. The molecule has 0 saturated carbocycles. The number of pyridine rings is 1. The summed E-state index contributed by atoms with van der Waals surface area (Å²) in [6.45, 7) is 6.73. The van der Waals surface area contributed by atoms with E-state index in [1.165, 1.54) is 5.56 Å². The summed E-state index contributed by atoms with van der Waals surface area (Å²) in [6, 6.07) is 7.79. The van der Waals surface area contributed by atoms with Gasteiger partial charge in [-0.25, -0.2) is 0 Å². The molecular formula is C16H21N3O. The Hall–Kier alpha value is -2.23. The third-order valence-corrected chi connectivity index (χ3v) is 3.03. The molecule has 1 aromatic heterocycles. The van der Waals surface area contributed by atoms with E-state index in [9.17, 15) is 0 Å². The SMILES string of the molecule is Cc1cnccc1CNc1cccc(OC(C)C)c1N. The Morgan fingerprint density at radius 1 is 1.30 bits per heavy atom. The van der Waals surface area contributed by atoms with Gasteiger partial charge in [0, 0.05) is 18.9 Å². The van der Waals surface area contributed by atoms with Crippen molar-refractivity contribution in [1.82, 2.24) is 4.98 Å². The highest BCUT2D eigenvalue weighted by Gasteiger charge is 2.07. The normalized spacial score (nSPS) is 10.6. The van der Waals surface area contributed by atoms with Gasteiger partial charge in [0.15, 0.2) is 0 Å². The summed E-state index contributed by atoms with van der Waals surface area (Å²) in [4.78, 5) is 4.09. The number of nitrogen functional groups attached to an aromatic ring is 1. The summed E-state index contributed by atoms with van der Waals surface area (Å²) in [7, 11) is 0. The molecule has 0 unspecified atom stereocenters. The van der Waals surface area contributed by atoms with Gasteiger partial charge in [0.25, 0.3) is 0 Å². The zero-order valence-corrected chi connectivity index (χ0v) is 12.2. The Labute approximate surface area is 120 Å². The van der Waals surface area contributed by atoms with Gasteiger partial charge in [-0.3, -0.25) is 4.98 Å². The first-order valence-corrected chi connectivity index (χ1v) is 6.76. The second kappa shape index (κ2) is 6.28. The fourth-order valence-corrected chi connectivity index (χ4v) is 1.95. The quantitative estimate of drug-likeness (QED) is 0.818. The maximum Gasteiger partial charge on any atom is 0.144 e. The fourth-order valence-electron chi connectivity index (χ4n) is 1.95. The van der Waals surface area contributed by atoms with Crippen LogP contribution in [-0.4, -0.2) is 11.1 Å². The largest absolute Gasteiger partial charge is 0.489 e. The lowest BCUT2D eigenvalue weighted by molar-refractivity contribution is 0.244. The molecule has 1 heterocycles. The van der Waals surface area contributed by atoms with Crippen molar-refractivity contribution in [1.29, 1.82) is 0 Å². The van der Waals surface area contributed by atoms with Gasteiger partial charge in [-0.15, -0.1) is 0 Å². The number of aryl methyl sites for hydroxylation is 1. The predicted molar refractivity (Wildman–Crippen MR) is 82.9 cm³/mol. The van der Waals surface area contributed by atoms with Crippen molar-refractivity contribution in [3.8, 4) is 5.75 Å². The summed E-state index contributed by atoms with van der Waals surface area (Å²) in [5, 5.41) is 3.35. The summed E-state index contributed by atoms with van der Waals surface area (Å²) in [5.74, 6) is 0.719. The Kier molecular flexibility index (Phi) is 4.45. The van der Waals surface area contributed by atoms with E-state index in [2.05, 4.69) is 10.3 Å². The van der Waals surface area contributed by atoms with Crippen molar-refractivity contribution >= 4 is 11.4 Å². The minimum Gasteiger partial charge on any atom is -0.489 e. The second-order valence-electron chi connectivity index (χ2n) is 5.04. The Morgan fingerprint density at radius 2 is 2.10 bits per heavy atom. The Bertz CT molecular complexity index is 582. The fraction of sp³-hybridized carbons (Fsp3) is 0.312. The van der Waals surface area contributed by atoms with Crippen molar-refractivity contribution in [2.75, 3.05) is 11.1 Å². The van der Waals surface area contributed by atoms with Gasteiger partial charge in [-0.05, 0) is 50.1 Å². The van der Waals surface area contributed by atoms with Crippen LogP contribution in [0.3, 0.4) is 0 Å². The highest BCUT2D eigenvalue weighted by molar-refractivity contribution is 5.73. The van der Waals surface area contributed by atoms with Crippen LogP contribution in [0.5, 0.6) is 5.75 Å². The number of hydrogen-bond acceptors (Lipinski definition) is 4. The number of ether oxygens (including phenoxy) is 1. The molecule has 0 amide bonds. The van der Waals surface area contributed by atoms with E-state index in [1.807, 2.05) is 51.2 Å². The van der Waals surface area contributed by atoms with Crippen LogP contribution < -0.4 is 15.8 Å². The summed E-state index contributed by atoms with van der Waals surface area (Å²) in [5.41, 5.74) is 10.0. The van der Waals surface area contributed by atoms with Gasteiger partial charge in [0.2, 0.25) is 0 Å². The van der Waals surface area contributed by atoms with E-state index in [4.69, 9.17) is 10.5 Å². The zero-order chi connectivity index (χ0) is 14.5. The van der Waals surface area contributed by atoms with E-state index >= 15 is 0 Å². The summed E-state index contributed by atoms with van der Waals surface area (Å²) < 4.78 is 5.69. The highest BCUT2D eigenvalue weighted by Crippen LogP contribution is 2.30. The van der Waals surface area contributed by atoms with E-state index in [0.29, 0.717) is 12.2 Å². The summed E-state index contributed by atoms with van der Waals surface area (Å²) >= 11 is 0. The predicted octanol–water partition coefficient (Wildman–Crippen LogP) is 3.37. The minimum atomic E-state index is 0.106. The van der Waals surface area contributed by atoms with Gasteiger partial charge in [0.05, 0.1) is 17.5 Å². The molecule has 0 fully saturated rings. The molecule has 4 heteroatoms. The lowest BCUT2D eigenvalue weighted by Gasteiger charge is -2.16. The van der Waals surface area contributed by atoms with Crippen LogP contribution in [0.15, 0.2) is 36.7 Å². The van der Waals surface area contributed by atoms with E-state index < -0.39 is 0 Å². The van der Waals surface area contributed by atoms with Gasteiger partial charge in [-0.1, -0.05) is 6.07 Å². The number of rotatable bonds is 5. The third-order valence-electron chi connectivity index (χ3n) is 3.03. The molecule has 0 aliphatic heterocycles. The van der Waals surface area contributed by atoms with Crippen molar-refractivity contribution in [2.24, 2.45) is 0 Å². The van der Waals surface area contributed by atoms with Crippen LogP contribution in [-0.2, 0) is 6.54 Å². The number of aromatic nitrogens is 1. The first-order chi connectivity index (χ1) is 9.58. The molecule has 20 heavy (non-hydrogen) atoms. The minimum absolute atomic E-state index is 0.106. The van der Waals surface area contributed by atoms with Gasteiger partial charge in [-0.2, -0.15) is 0 Å². The van der Waals surface area contributed by atoms with Crippen molar-refractivity contribution in [2.45, 2.75) is 33.4 Å². The number of nitrogens with zero attached hydrogens (tertiary/aromatic N) is 1. The molecule has 0 aliphatic carbocycles. The average Bonchev–Trinajstić information content (AvgIpc) is 2.41. The molecule has 2 rings (SSSR count). The van der Waals surface area contributed by atoms with Crippen molar-refractivity contribution in [3.63, 3.8) is 0 Å². The van der Waals surface area contributed by atoms with Crippen LogP contribution >= 0.6 is 0 Å². The number of benzene rings is 1. The second-order valence-corrected chi connectivity index (χ2v) is 5.04. The highest BCUT2D eigenvalue weighted by atomic mass is 16.5. The van der Waals surface area contributed by atoms with Gasteiger partial charge >= 0.3 is 0 Å². The molecule has 2 aromatic rings. The number of nitrogens with one attached hydrogen (secondary N) is 1. The van der Waals surface area contributed by atoms with Crippen LogP contribution in [0.1, 0.15) is 25.0 Å². The monoisotopic (exact) mass is 271 g/mol.